The Hall–Kier alpha value is -2.13. The highest BCUT2D eigenvalue weighted by molar-refractivity contribution is 8.03. The molecular formula is C19H24N2O3S. The van der Waals surface area contributed by atoms with Crippen LogP contribution in [0.5, 0.6) is 11.5 Å². The van der Waals surface area contributed by atoms with Gasteiger partial charge in [0.1, 0.15) is 0 Å². The fourth-order valence-electron chi connectivity index (χ4n) is 2.71. The van der Waals surface area contributed by atoms with Gasteiger partial charge in [-0.1, -0.05) is 19.4 Å². The molecule has 1 aromatic carbocycles. The number of nitrogens with zero attached hydrogens (tertiary/aromatic N) is 1. The van der Waals surface area contributed by atoms with Crippen LogP contribution in [0.3, 0.4) is 0 Å². The van der Waals surface area contributed by atoms with Crippen molar-refractivity contribution in [1.82, 2.24) is 5.32 Å². The number of carbonyl (C=O) groups is 1. The van der Waals surface area contributed by atoms with Gasteiger partial charge in [0, 0.05) is 12.3 Å². The minimum Gasteiger partial charge on any atom is -0.493 e. The number of unbranched alkanes of at least 4 members (excludes halogenated alkanes) is 1. The Kier molecular flexibility index (Phi) is 7.20. The van der Waals surface area contributed by atoms with E-state index in [-0.39, 0.29) is 18.2 Å². The number of methoxy groups -OCH3 is 1. The molecule has 5 nitrogen and oxygen atoms in total. The zero-order chi connectivity index (χ0) is 18.2. The first-order valence-corrected chi connectivity index (χ1v) is 9.50. The van der Waals surface area contributed by atoms with Gasteiger partial charge < -0.3 is 14.8 Å². The lowest BCUT2D eigenvalue weighted by molar-refractivity contribution is -0.120. The number of ether oxygens (including phenoxy) is 2. The molecule has 0 unspecified atom stereocenters. The average molecular weight is 360 g/mol. The minimum atomic E-state index is -0.257. The molecule has 1 aliphatic heterocycles. The number of rotatable bonds is 8. The Morgan fingerprint density at radius 3 is 2.80 bits per heavy atom. The molecule has 0 radical (unpaired) electrons. The maximum absolute atomic E-state index is 12.2. The highest BCUT2D eigenvalue weighted by atomic mass is 32.2. The molecule has 0 spiro atoms. The molecule has 25 heavy (non-hydrogen) atoms. The maximum atomic E-state index is 12.2. The van der Waals surface area contributed by atoms with Crippen molar-refractivity contribution < 1.29 is 14.3 Å². The van der Waals surface area contributed by atoms with Crippen LogP contribution in [-0.2, 0) is 4.79 Å². The molecule has 0 saturated carbocycles. The van der Waals surface area contributed by atoms with E-state index in [0.29, 0.717) is 28.7 Å². The molecule has 1 atom stereocenters. The van der Waals surface area contributed by atoms with E-state index in [1.807, 2.05) is 25.1 Å². The Bertz CT molecular complexity index is 694. The molecule has 1 aliphatic rings. The van der Waals surface area contributed by atoms with Gasteiger partial charge in [-0.3, -0.25) is 4.79 Å². The van der Waals surface area contributed by atoms with Crippen LogP contribution in [0.2, 0.25) is 0 Å². The fourth-order valence-corrected chi connectivity index (χ4v) is 3.88. The van der Waals surface area contributed by atoms with Crippen LogP contribution in [0.1, 0.15) is 44.6 Å². The van der Waals surface area contributed by atoms with E-state index in [1.165, 1.54) is 0 Å². The number of benzene rings is 1. The summed E-state index contributed by atoms with van der Waals surface area (Å²) in [5.74, 6) is 1.84. The molecule has 0 aliphatic carbocycles. The molecule has 1 aromatic rings. The first kappa shape index (κ1) is 19.2. The minimum absolute atomic E-state index is 0.0594. The van der Waals surface area contributed by atoms with Crippen LogP contribution in [0, 0.1) is 11.3 Å². The van der Waals surface area contributed by atoms with E-state index < -0.39 is 0 Å². The number of amides is 1. The number of carbonyl (C=O) groups excluding carboxylic acids is 1. The van der Waals surface area contributed by atoms with Gasteiger partial charge in [0.15, 0.2) is 11.5 Å². The van der Waals surface area contributed by atoms with E-state index in [0.717, 1.165) is 24.2 Å². The van der Waals surface area contributed by atoms with Gasteiger partial charge in [-0.2, -0.15) is 5.26 Å². The van der Waals surface area contributed by atoms with Gasteiger partial charge in [-0.25, -0.2) is 0 Å². The van der Waals surface area contributed by atoms with Crippen LogP contribution in [0.15, 0.2) is 28.8 Å². The highest BCUT2D eigenvalue weighted by Gasteiger charge is 2.30. The van der Waals surface area contributed by atoms with Crippen molar-refractivity contribution in [2.75, 3.05) is 19.5 Å². The van der Waals surface area contributed by atoms with Gasteiger partial charge in [0.2, 0.25) is 5.91 Å². The standard InChI is InChI=1S/C19H24N2O3S/c1-4-6-9-25-19-15(12-20)14(11-18(22)21-19)13-7-8-16(24-5-2)17(10-13)23-3/h7-8,10,14H,4-6,9,11H2,1-3H3,(H,21,22)/t14-/m0/s1. The zero-order valence-corrected chi connectivity index (χ0v) is 15.7. The monoisotopic (exact) mass is 360 g/mol. The second-order valence-corrected chi connectivity index (χ2v) is 6.81. The lowest BCUT2D eigenvalue weighted by Crippen LogP contribution is -2.31. The molecular weight excluding hydrogens is 336 g/mol. The summed E-state index contributed by atoms with van der Waals surface area (Å²) in [6.07, 6.45) is 2.39. The van der Waals surface area contributed by atoms with E-state index >= 15 is 0 Å². The molecule has 0 bridgehead atoms. The van der Waals surface area contributed by atoms with E-state index in [4.69, 9.17) is 9.47 Å². The highest BCUT2D eigenvalue weighted by Crippen LogP contribution is 2.39. The molecule has 0 aromatic heterocycles. The van der Waals surface area contributed by atoms with Crippen LogP contribution >= 0.6 is 11.8 Å². The molecule has 1 amide bonds. The molecule has 2 rings (SSSR count). The topological polar surface area (TPSA) is 71.3 Å². The van der Waals surface area contributed by atoms with E-state index in [2.05, 4.69) is 18.3 Å². The molecule has 1 heterocycles. The second-order valence-electron chi connectivity index (χ2n) is 5.70. The molecule has 0 fully saturated rings. The predicted octanol–water partition coefficient (Wildman–Crippen LogP) is 3.97. The smallest absolute Gasteiger partial charge is 0.225 e. The summed E-state index contributed by atoms with van der Waals surface area (Å²) in [5, 5.41) is 13.2. The van der Waals surface area contributed by atoms with E-state index in [9.17, 15) is 10.1 Å². The van der Waals surface area contributed by atoms with Crippen LogP contribution in [-0.4, -0.2) is 25.4 Å². The summed E-state index contributed by atoms with van der Waals surface area (Å²) in [5.41, 5.74) is 1.51. The number of thioether (sulfide) groups is 1. The Balaban J connectivity index is 2.36. The average Bonchev–Trinajstić information content (AvgIpc) is 2.62. The molecule has 1 N–H and O–H groups in total. The van der Waals surface area contributed by atoms with Crippen molar-refractivity contribution in [3.8, 4) is 17.6 Å². The van der Waals surface area contributed by atoms with Gasteiger partial charge in [0.25, 0.3) is 0 Å². The fraction of sp³-hybridized carbons (Fsp3) is 0.474. The van der Waals surface area contributed by atoms with Gasteiger partial charge >= 0.3 is 0 Å². The SMILES string of the molecule is CCCCSC1=C(C#N)[C@H](c2ccc(OCC)c(OC)c2)CC(=O)N1. The summed E-state index contributed by atoms with van der Waals surface area (Å²) in [7, 11) is 1.59. The third kappa shape index (κ3) is 4.70. The zero-order valence-electron chi connectivity index (χ0n) is 14.9. The first-order chi connectivity index (χ1) is 12.1. The number of nitriles is 1. The Morgan fingerprint density at radius 1 is 1.36 bits per heavy atom. The van der Waals surface area contributed by atoms with Gasteiger partial charge in [-0.15, -0.1) is 11.8 Å². The largest absolute Gasteiger partial charge is 0.493 e. The number of nitrogens with one attached hydrogen (secondary N) is 1. The van der Waals surface area contributed by atoms with Gasteiger partial charge in [-0.05, 0) is 36.8 Å². The maximum Gasteiger partial charge on any atom is 0.225 e. The van der Waals surface area contributed by atoms with Gasteiger partial charge in [0.05, 0.1) is 30.4 Å². The van der Waals surface area contributed by atoms with E-state index in [1.54, 1.807) is 18.9 Å². The summed E-state index contributed by atoms with van der Waals surface area (Å²) in [6.45, 7) is 4.58. The van der Waals surface area contributed by atoms with Crippen molar-refractivity contribution in [3.63, 3.8) is 0 Å². The number of hydrogen-bond acceptors (Lipinski definition) is 5. The van der Waals surface area contributed by atoms with Crippen LogP contribution in [0.25, 0.3) is 0 Å². The van der Waals surface area contributed by atoms with Crippen molar-refractivity contribution in [3.05, 3.63) is 34.4 Å². The molecule has 0 saturated heterocycles. The number of hydrogen-bond donors (Lipinski definition) is 1. The molecule has 134 valence electrons. The summed E-state index contributed by atoms with van der Waals surface area (Å²) in [4.78, 5) is 12.2. The number of allylic oxidation sites excluding steroid dienone is 1. The quantitative estimate of drug-likeness (QED) is 0.710. The van der Waals surface area contributed by atoms with Crippen LogP contribution in [0.4, 0.5) is 0 Å². The second kappa shape index (κ2) is 9.38. The van der Waals surface area contributed by atoms with Crippen molar-refractivity contribution in [2.45, 2.75) is 39.0 Å². The van der Waals surface area contributed by atoms with Crippen molar-refractivity contribution >= 4 is 17.7 Å². The predicted molar refractivity (Wildman–Crippen MR) is 99.7 cm³/mol. The normalized spacial score (nSPS) is 17.0. The third-order valence-electron chi connectivity index (χ3n) is 3.99. The lowest BCUT2D eigenvalue weighted by atomic mass is 9.87. The summed E-state index contributed by atoms with van der Waals surface area (Å²) >= 11 is 1.55. The summed E-state index contributed by atoms with van der Waals surface area (Å²) < 4.78 is 10.9. The van der Waals surface area contributed by atoms with Crippen molar-refractivity contribution in [2.24, 2.45) is 0 Å². The Morgan fingerprint density at radius 2 is 2.16 bits per heavy atom. The Labute approximate surface area is 153 Å². The summed E-state index contributed by atoms with van der Waals surface area (Å²) in [6, 6.07) is 7.90. The third-order valence-corrected chi connectivity index (χ3v) is 5.09. The molecule has 6 heteroatoms. The van der Waals surface area contributed by atoms with Crippen LogP contribution < -0.4 is 14.8 Å². The lowest BCUT2D eigenvalue weighted by Gasteiger charge is -2.25. The first-order valence-electron chi connectivity index (χ1n) is 8.52. The van der Waals surface area contributed by atoms with Crippen molar-refractivity contribution in [1.29, 1.82) is 5.26 Å².